The number of benzene rings is 1. The Morgan fingerprint density at radius 3 is 2.29 bits per heavy atom. The van der Waals surface area contributed by atoms with E-state index in [2.05, 4.69) is 15.6 Å². The molecule has 1 rings (SSSR count). The number of aliphatic carboxylic acids is 1. The van der Waals surface area contributed by atoms with E-state index in [9.17, 15) is 19.5 Å². The molecular formula is C21H34N6O4. The van der Waals surface area contributed by atoms with Crippen LogP contribution in [0, 0.1) is 5.92 Å². The van der Waals surface area contributed by atoms with Crippen LogP contribution in [0.4, 0.5) is 0 Å². The Morgan fingerprint density at radius 1 is 1.10 bits per heavy atom. The molecule has 0 radical (unpaired) electrons. The third-order valence-electron chi connectivity index (χ3n) is 4.99. The standard InChI is InChI=1S/C21H34N6O4/c1-3-13(2)17(20(30)31)27-19(29)16(10-7-11-25-21(23)24)26-18(28)15(22)12-14-8-5-4-6-9-14/h4-6,8-9,13,15-17H,3,7,10-12,22H2,1-2H3,(H,26,28)(H,27,29)(H,30,31)(H4,23,24,25). The highest BCUT2D eigenvalue weighted by Crippen LogP contribution is 2.10. The van der Waals surface area contributed by atoms with Gasteiger partial charge in [-0.2, -0.15) is 0 Å². The summed E-state index contributed by atoms with van der Waals surface area (Å²) in [5.41, 5.74) is 17.5. The Kier molecular flexibility index (Phi) is 11.0. The maximum absolute atomic E-state index is 12.8. The van der Waals surface area contributed by atoms with Gasteiger partial charge in [0.05, 0.1) is 6.04 Å². The molecule has 10 heteroatoms. The van der Waals surface area contributed by atoms with Crippen LogP contribution in [-0.2, 0) is 20.8 Å². The van der Waals surface area contributed by atoms with Crippen LogP contribution in [0.5, 0.6) is 0 Å². The Labute approximate surface area is 182 Å². The number of rotatable bonds is 13. The lowest BCUT2D eigenvalue weighted by Crippen LogP contribution is -2.55. The van der Waals surface area contributed by atoms with E-state index in [4.69, 9.17) is 17.2 Å². The number of carbonyl (C=O) groups excluding carboxylic acids is 2. The molecule has 1 aromatic carbocycles. The van der Waals surface area contributed by atoms with Gasteiger partial charge >= 0.3 is 5.97 Å². The number of guanidine groups is 1. The van der Waals surface area contributed by atoms with Crippen molar-refractivity contribution in [2.75, 3.05) is 6.54 Å². The summed E-state index contributed by atoms with van der Waals surface area (Å²) < 4.78 is 0. The molecule has 172 valence electrons. The van der Waals surface area contributed by atoms with Gasteiger partial charge in [-0.25, -0.2) is 4.79 Å². The van der Waals surface area contributed by atoms with Crippen LogP contribution in [-0.4, -0.2) is 53.5 Å². The van der Waals surface area contributed by atoms with E-state index < -0.39 is 35.9 Å². The molecule has 0 bridgehead atoms. The SMILES string of the molecule is CCC(C)C(NC(=O)C(CCCN=C(N)N)NC(=O)C(N)Cc1ccccc1)C(=O)O. The molecule has 4 atom stereocenters. The summed E-state index contributed by atoms with van der Waals surface area (Å²) in [7, 11) is 0. The molecule has 31 heavy (non-hydrogen) atoms. The van der Waals surface area contributed by atoms with Gasteiger partial charge in [-0.1, -0.05) is 50.6 Å². The average molecular weight is 435 g/mol. The van der Waals surface area contributed by atoms with E-state index >= 15 is 0 Å². The molecule has 0 spiro atoms. The minimum atomic E-state index is -1.13. The lowest BCUT2D eigenvalue weighted by atomic mass is 9.98. The number of nitrogens with two attached hydrogens (primary N) is 3. The maximum Gasteiger partial charge on any atom is 0.326 e. The molecule has 0 aliphatic heterocycles. The first-order valence-corrected chi connectivity index (χ1v) is 10.3. The summed E-state index contributed by atoms with van der Waals surface area (Å²) in [6.45, 7) is 3.84. The minimum Gasteiger partial charge on any atom is -0.480 e. The fourth-order valence-corrected chi connectivity index (χ4v) is 2.95. The largest absolute Gasteiger partial charge is 0.480 e. The van der Waals surface area contributed by atoms with Crippen molar-refractivity contribution in [2.24, 2.45) is 28.1 Å². The summed E-state index contributed by atoms with van der Waals surface area (Å²) >= 11 is 0. The van der Waals surface area contributed by atoms with E-state index in [0.717, 1.165) is 5.56 Å². The van der Waals surface area contributed by atoms with Crippen molar-refractivity contribution in [3.63, 3.8) is 0 Å². The summed E-state index contributed by atoms with van der Waals surface area (Å²) in [6, 6.07) is 6.39. The molecule has 0 aromatic heterocycles. The molecule has 0 aliphatic rings. The molecule has 2 amide bonds. The van der Waals surface area contributed by atoms with Gasteiger partial charge in [-0.15, -0.1) is 0 Å². The van der Waals surface area contributed by atoms with Crippen LogP contribution in [0.3, 0.4) is 0 Å². The molecule has 1 aromatic rings. The zero-order chi connectivity index (χ0) is 23.4. The molecule has 4 unspecified atom stereocenters. The quantitative estimate of drug-likeness (QED) is 0.140. The molecule has 0 heterocycles. The fourth-order valence-electron chi connectivity index (χ4n) is 2.95. The van der Waals surface area contributed by atoms with Crippen molar-refractivity contribution in [2.45, 2.75) is 57.7 Å². The van der Waals surface area contributed by atoms with Crippen molar-refractivity contribution in [1.82, 2.24) is 10.6 Å². The number of hydrogen-bond donors (Lipinski definition) is 6. The van der Waals surface area contributed by atoms with Gasteiger partial charge in [0.1, 0.15) is 12.1 Å². The zero-order valence-corrected chi connectivity index (χ0v) is 18.1. The van der Waals surface area contributed by atoms with Gasteiger partial charge in [-0.3, -0.25) is 14.6 Å². The first kappa shape index (κ1) is 25.9. The molecule has 0 saturated carbocycles. The third kappa shape index (κ3) is 9.47. The maximum atomic E-state index is 12.8. The highest BCUT2D eigenvalue weighted by atomic mass is 16.4. The lowest BCUT2D eigenvalue weighted by Gasteiger charge is -2.25. The normalized spacial score (nSPS) is 14.5. The van der Waals surface area contributed by atoms with Gasteiger partial charge in [0.2, 0.25) is 11.8 Å². The van der Waals surface area contributed by atoms with Crippen LogP contribution in [0.1, 0.15) is 38.7 Å². The second-order valence-corrected chi connectivity index (χ2v) is 7.52. The Balaban J connectivity index is 2.85. The smallest absolute Gasteiger partial charge is 0.326 e. The monoisotopic (exact) mass is 434 g/mol. The first-order valence-electron chi connectivity index (χ1n) is 10.3. The van der Waals surface area contributed by atoms with E-state index in [1.807, 2.05) is 37.3 Å². The highest BCUT2D eigenvalue weighted by molar-refractivity contribution is 5.91. The van der Waals surface area contributed by atoms with Crippen molar-refractivity contribution in [1.29, 1.82) is 0 Å². The molecule has 0 fully saturated rings. The molecule has 10 nitrogen and oxygen atoms in total. The third-order valence-corrected chi connectivity index (χ3v) is 4.99. The van der Waals surface area contributed by atoms with Crippen LogP contribution < -0.4 is 27.8 Å². The molecular weight excluding hydrogens is 400 g/mol. The summed E-state index contributed by atoms with van der Waals surface area (Å²) in [5.74, 6) is -2.56. The van der Waals surface area contributed by atoms with E-state index in [-0.39, 0.29) is 24.8 Å². The van der Waals surface area contributed by atoms with Gasteiger partial charge in [-0.05, 0) is 30.7 Å². The van der Waals surface area contributed by atoms with Gasteiger partial charge in [0, 0.05) is 6.54 Å². The Hall–Kier alpha value is -3.14. The zero-order valence-electron chi connectivity index (χ0n) is 18.1. The Bertz CT molecular complexity index is 751. The highest BCUT2D eigenvalue weighted by Gasteiger charge is 2.30. The van der Waals surface area contributed by atoms with Gasteiger partial charge in [0.25, 0.3) is 0 Å². The predicted octanol–water partition coefficient (Wildman–Crippen LogP) is -0.290. The first-order chi connectivity index (χ1) is 14.6. The Morgan fingerprint density at radius 2 is 1.74 bits per heavy atom. The minimum absolute atomic E-state index is 0.0716. The number of nitrogens with zero attached hydrogens (tertiary/aromatic N) is 1. The summed E-state index contributed by atoms with van der Waals surface area (Å²) in [5, 5.41) is 14.6. The lowest BCUT2D eigenvalue weighted by molar-refractivity contribution is -0.143. The average Bonchev–Trinajstić information content (AvgIpc) is 2.73. The van der Waals surface area contributed by atoms with Crippen LogP contribution in [0.2, 0.25) is 0 Å². The number of hydrogen-bond acceptors (Lipinski definition) is 5. The summed E-state index contributed by atoms with van der Waals surface area (Å²) in [6.07, 6.45) is 1.50. The predicted molar refractivity (Wildman–Crippen MR) is 119 cm³/mol. The molecule has 9 N–H and O–H groups in total. The van der Waals surface area contributed by atoms with Crippen LogP contribution >= 0.6 is 0 Å². The second kappa shape index (κ2) is 13.2. The van der Waals surface area contributed by atoms with Crippen molar-refractivity contribution in [3.8, 4) is 0 Å². The van der Waals surface area contributed by atoms with Crippen molar-refractivity contribution < 1.29 is 19.5 Å². The number of carboxylic acid groups (broad SMARTS) is 1. The van der Waals surface area contributed by atoms with E-state index in [1.54, 1.807) is 6.92 Å². The number of aliphatic imine (C=N–C) groups is 1. The van der Waals surface area contributed by atoms with E-state index in [1.165, 1.54) is 0 Å². The number of carbonyl (C=O) groups is 3. The fraction of sp³-hybridized carbons (Fsp3) is 0.524. The second-order valence-electron chi connectivity index (χ2n) is 7.52. The molecule has 0 saturated heterocycles. The molecule has 0 aliphatic carbocycles. The summed E-state index contributed by atoms with van der Waals surface area (Å²) in [4.78, 5) is 40.8. The topological polar surface area (TPSA) is 186 Å². The van der Waals surface area contributed by atoms with Crippen molar-refractivity contribution in [3.05, 3.63) is 35.9 Å². The van der Waals surface area contributed by atoms with Gasteiger partial charge in [0.15, 0.2) is 5.96 Å². The van der Waals surface area contributed by atoms with Gasteiger partial charge < -0.3 is 32.9 Å². The number of carboxylic acids is 1. The van der Waals surface area contributed by atoms with Crippen molar-refractivity contribution >= 4 is 23.7 Å². The van der Waals surface area contributed by atoms with Crippen LogP contribution in [0.15, 0.2) is 35.3 Å². The number of amides is 2. The number of nitrogens with one attached hydrogen (secondary N) is 2. The van der Waals surface area contributed by atoms with E-state index in [0.29, 0.717) is 19.3 Å². The van der Waals surface area contributed by atoms with Crippen LogP contribution in [0.25, 0.3) is 0 Å².